The van der Waals surface area contributed by atoms with Crippen molar-refractivity contribution < 1.29 is 9.59 Å². The Bertz CT molecular complexity index is 1000. The highest BCUT2D eigenvalue weighted by Crippen LogP contribution is 2.22. The number of thioether (sulfide) groups is 1. The maximum absolute atomic E-state index is 12.6. The molecule has 6 heteroatoms. The molecule has 0 unspecified atom stereocenters. The van der Waals surface area contributed by atoms with Crippen LogP contribution in [0.2, 0.25) is 0 Å². The largest absolute Gasteiger partial charge is 0.350 e. The molecule has 3 rings (SSSR count). The Labute approximate surface area is 175 Å². The fourth-order valence-corrected chi connectivity index (χ4v) is 3.72. The smallest absolute Gasteiger partial charge is 0.217 e. The maximum Gasteiger partial charge on any atom is 0.217 e. The number of amides is 1. The molecule has 1 heterocycles. The number of nitrogens with one attached hydrogen (secondary N) is 1. The number of carbonyl (C=O) groups is 2. The average Bonchev–Trinajstić information content (AvgIpc) is 2.72. The molecule has 5 nitrogen and oxygen atoms in total. The van der Waals surface area contributed by atoms with Crippen molar-refractivity contribution in [2.24, 2.45) is 0 Å². The summed E-state index contributed by atoms with van der Waals surface area (Å²) in [6, 6.07) is 19.1. The van der Waals surface area contributed by atoms with Gasteiger partial charge in [0.05, 0.1) is 17.5 Å². The van der Waals surface area contributed by atoms with E-state index in [1.54, 1.807) is 12.1 Å². The molecule has 1 aromatic heterocycles. The Balaban J connectivity index is 1.66. The summed E-state index contributed by atoms with van der Waals surface area (Å²) < 4.78 is 0. The van der Waals surface area contributed by atoms with Gasteiger partial charge in [-0.2, -0.15) is 0 Å². The highest BCUT2D eigenvalue weighted by molar-refractivity contribution is 7.99. The summed E-state index contributed by atoms with van der Waals surface area (Å²) in [6.45, 7) is 5.32. The number of rotatable bonds is 7. The van der Waals surface area contributed by atoms with E-state index in [2.05, 4.69) is 15.3 Å². The van der Waals surface area contributed by atoms with E-state index in [4.69, 9.17) is 0 Å². The average molecular weight is 406 g/mol. The predicted molar refractivity (Wildman–Crippen MR) is 116 cm³/mol. The van der Waals surface area contributed by atoms with Gasteiger partial charge in [-0.25, -0.2) is 9.97 Å². The molecule has 1 atom stereocenters. The fourth-order valence-electron chi connectivity index (χ4n) is 2.92. The van der Waals surface area contributed by atoms with Crippen molar-refractivity contribution in [1.29, 1.82) is 0 Å². The molecule has 0 aliphatic rings. The summed E-state index contributed by atoms with van der Waals surface area (Å²) in [7, 11) is 0. The third-order valence-electron chi connectivity index (χ3n) is 4.39. The van der Waals surface area contributed by atoms with Gasteiger partial charge in [0.25, 0.3) is 0 Å². The number of ketones is 1. The number of aromatic nitrogens is 2. The van der Waals surface area contributed by atoms with Crippen molar-refractivity contribution in [3.8, 4) is 11.3 Å². The molecule has 2 aromatic carbocycles. The zero-order valence-corrected chi connectivity index (χ0v) is 17.5. The lowest BCUT2D eigenvalue weighted by atomic mass is 10.0. The Hall–Kier alpha value is -2.99. The third kappa shape index (κ3) is 5.74. The summed E-state index contributed by atoms with van der Waals surface area (Å²) in [5.74, 6) is 0.195. The minimum atomic E-state index is -0.0943. The lowest BCUT2D eigenvalue weighted by molar-refractivity contribution is -0.119. The lowest BCUT2D eigenvalue weighted by Gasteiger charge is -2.13. The summed E-state index contributed by atoms with van der Waals surface area (Å²) in [6.07, 6.45) is 0. The van der Waals surface area contributed by atoms with Crippen LogP contribution in [0.4, 0.5) is 0 Å². The van der Waals surface area contributed by atoms with Gasteiger partial charge in [0, 0.05) is 23.7 Å². The van der Waals surface area contributed by atoms with Crippen LogP contribution in [0.1, 0.15) is 41.5 Å². The SMILES string of the molecule is CC(=O)N[C@H](C)c1ccc(C(=O)CSc2nc(C)cc(-c3ccccc3)n2)cc1. The second-order valence-electron chi connectivity index (χ2n) is 6.80. The quantitative estimate of drug-likeness (QED) is 0.353. The first-order valence-corrected chi connectivity index (χ1v) is 10.3. The maximum atomic E-state index is 12.6. The molecule has 1 amide bonds. The number of hydrogen-bond donors (Lipinski definition) is 1. The van der Waals surface area contributed by atoms with Gasteiger partial charge in [-0.3, -0.25) is 9.59 Å². The molecule has 0 saturated carbocycles. The molecule has 0 fully saturated rings. The van der Waals surface area contributed by atoms with Crippen molar-refractivity contribution in [2.75, 3.05) is 5.75 Å². The third-order valence-corrected chi connectivity index (χ3v) is 5.24. The topological polar surface area (TPSA) is 72.0 Å². The molecule has 3 aromatic rings. The van der Waals surface area contributed by atoms with Crippen LogP contribution in [0.25, 0.3) is 11.3 Å². The van der Waals surface area contributed by atoms with Crippen LogP contribution < -0.4 is 5.32 Å². The molecular formula is C23H23N3O2S. The molecule has 29 heavy (non-hydrogen) atoms. The second-order valence-corrected chi connectivity index (χ2v) is 7.74. The Morgan fingerprint density at radius 1 is 1.03 bits per heavy atom. The molecule has 148 valence electrons. The van der Waals surface area contributed by atoms with Crippen molar-refractivity contribution in [1.82, 2.24) is 15.3 Å². The van der Waals surface area contributed by atoms with E-state index in [-0.39, 0.29) is 23.5 Å². The Kier molecular flexibility index (Phi) is 6.77. The first-order valence-electron chi connectivity index (χ1n) is 9.36. The predicted octanol–water partition coefficient (Wildman–Crippen LogP) is 4.62. The van der Waals surface area contributed by atoms with Crippen LogP contribution >= 0.6 is 11.8 Å². The van der Waals surface area contributed by atoms with Crippen molar-refractivity contribution in [3.63, 3.8) is 0 Å². The van der Waals surface area contributed by atoms with E-state index in [1.807, 2.05) is 62.4 Å². The van der Waals surface area contributed by atoms with Crippen LogP contribution in [-0.4, -0.2) is 27.4 Å². The number of Topliss-reactive ketones (excluding diaryl/α,β-unsaturated/α-hetero) is 1. The fraction of sp³-hybridized carbons (Fsp3) is 0.217. The van der Waals surface area contributed by atoms with Crippen LogP contribution in [-0.2, 0) is 4.79 Å². The molecule has 0 bridgehead atoms. The minimum Gasteiger partial charge on any atom is -0.350 e. The van der Waals surface area contributed by atoms with Gasteiger partial charge >= 0.3 is 0 Å². The van der Waals surface area contributed by atoms with Gasteiger partial charge in [-0.1, -0.05) is 66.4 Å². The number of aryl methyl sites for hydroxylation is 1. The lowest BCUT2D eigenvalue weighted by Crippen LogP contribution is -2.23. The zero-order valence-electron chi connectivity index (χ0n) is 16.7. The Morgan fingerprint density at radius 2 is 1.72 bits per heavy atom. The standard InChI is InChI=1S/C23H23N3O2S/c1-15-13-21(19-7-5-4-6-8-19)26-23(24-15)29-14-22(28)20-11-9-18(10-12-20)16(2)25-17(3)27/h4-13,16H,14H2,1-3H3,(H,25,27)/t16-/m1/s1. The van der Waals surface area contributed by atoms with Crippen molar-refractivity contribution in [3.05, 3.63) is 77.5 Å². The second kappa shape index (κ2) is 9.47. The normalized spacial score (nSPS) is 11.7. The molecule has 0 spiro atoms. The van der Waals surface area contributed by atoms with Crippen molar-refractivity contribution in [2.45, 2.75) is 32.0 Å². The highest BCUT2D eigenvalue weighted by Gasteiger charge is 2.12. The van der Waals surface area contributed by atoms with Gasteiger partial charge in [-0.05, 0) is 25.5 Å². The molecular weight excluding hydrogens is 382 g/mol. The van der Waals surface area contributed by atoms with E-state index in [0.29, 0.717) is 10.7 Å². The first kappa shape index (κ1) is 20.7. The van der Waals surface area contributed by atoms with E-state index in [1.165, 1.54) is 18.7 Å². The molecule has 0 radical (unpaired) electrons. The summed E-state index contributed by atoms with van der Waals surface area (Å²) in [4.78, 5) is 32.8. The summed E-state index contributed by atoms with van der Waals surface area (Å²) in [5, 5.41) is 3.42. The van der Waals surface area contributed by atoms with Crippen LogP contribution in [0, 0.1) is 6.92 Å². The summed E-state index contributed by atoms with van der Waals surface area (Å²) in [5.41, 5.74) is 4.33. The molecule has 1 N–H and O–H groups in total. The van der Waals surface area contributed by atoms with Crippen LogP contribution in [0.15, 0.2) is 65.8 Å². The molecule has 0 saturated heterocycles. The minimum absolute atomic E-state index is 0.0140. The molecule has 0 aliphatic carbocycles. The number of benzene rings is 2. The Morgan fingerprint density at radius 3 is 2.38 bits per heavy atom. The van der Waals surface area contributed by atoms with Crippen LogP contribution in [0.3, 0.4) is 0 Å². The van der Waals surface area contributed by atoms with Gasteiger partial charge in [0.1, 0.15) is 0 Å². The van der Waals surface area contributed by atoms with Crippen LogP contribution in [0.5, 0.6) is 0 Å². The van der Waals surface area contributed by atoms with E-state index >= 15 is 0 Å². The monoisotopic (exact) mass is 405 g/mol. The number of carbonyl (C=O) groups excluding carboxylic acids is 2. The zero-order chi connectivity index (χ0) is 20.8. The number of nitrogens with zero attached hydrogens (tertiary/aromatic N) is 2. The van der Waals surface area contributed by atoms with E-state index in [9.17, 15) is 9.59 Å². The van der Waals surface area contributed by atoms with Gasteiger partial charge in [0.2, 0.25) is 5.91 Å². The molecule has 0 aliphatic heterocycles. The highest BCUT2D eigenvalue weighted by atomic mass is 32.2. The van der Waals surface area contributed by atoms with Gasteiger partial charge in [0.15, 0.2) is 10.9 Å². The van der Waals surface area contributed by atoms with Gasteiger partial charge in [-0.15, -0.1) is 0 Å². The first-order chi connectivity index (χ1) is 13.9. The number of hydrogen-bond acceptors (Lipinski definition) is 5. The van der Waals surface area contributed by atoms with E-state index < -0.39 is 0 Å². The van der Waals surface area contributed by atoms with Gasteiger partial charge < -0.3 is 5.32 Å². The van der Waals surface area contributed by atoms with Crippen molar-refractivity contribution >= 4 is 23.5 Å². The summed E-state index contributed by atoms with van der Waals surface area (Å²) >= 11 is 1.34. The van der Waals surface area contributed by atoms with E-state index in [0.717, 1.165) is 22.5 Å².